The topological polar surface area (TPSA) is 96.6 Å². The Balaban J connectivity index is 1.64. The minimum absolute atomic E-state index is 0.227. The fourth-order valence-corrected chi connectivity index (χ4v) is 3.36. The van der Waals surface area contributed by atoms with Gasteiger partial charge in [-0.25, -0.2) is 9.97 Å². The highest BCUT2D eigenvalue weighted by molar-refractivity contribution is 6.33. The van der Waals surface area contributed by atoms with Crippen LogP contribution in [-0.2, 0) is 0 Å². The molecular weight excluding hydrogens is 338 g/mol. The molecule has 0 spiro atoms. The summed E-state index contributed by atoms with van der Waals surface area (Å²) >= 11 is 6.23. The number of halogens is 1. The molecule has 0 unspecified atom stereocenters. The van der Waals surface area contributed by atoms with Crippen LogP contribution in [0.5, 0.6) is 0 Å². The third-order valence-corrected chi connectivity index (χ3v) is 5.33. The molecule has 3 aromatic heterocycles. The lowest BCUT2D eigenvalue weighted by Gasteiger charge is -2.39. The highest BCUT2D eigenvalue weighted by atomic mass is 35.5. The number of piperidine rings is 1. The first kappa shape index (κ1) is 16.2. The van der Waals surface area contributed by atoms with Crippen molar-refractivity contribution in [3.8, 4) is 11.4 Å². The summed E-state index contributed by atoms with van der Waals surface area (Å²) in [6.07, 6.45) is 5.59. The van der Waals surface area contributed by atoms with Gasteiger partial charge < -0.3 is 10.6 Å². The molecule has 4 heterocycles. The van der Waals surface area contributed by atoms with E-state index in [0.717, 1.165) is 38.3 Å². The van der Waals surface area contributed by atoms with Crippen LogP contribution < -0.4 is 10.6 Å². The summed E-state index contributed by atoms with van der Waals surface area (Å²) in [5.74, 6) is 0.855. The van der Waals surface area contributed by atoms with E-state index in [1.165, 1.54) is 0 Å². The number of nitrogens with zero attached hydrogens (tertiary/aromatic N) is 5. The average molecular weight is 358 g/mol. The van der Waals surface area contributed by atoms with E-state index >= 15 is 0 Å². The Morgan fingerprint density at radius 1 is 1.28 bits per heavy atom. The maximum absolute atomic E-state index is 6.23. The van der Waals surface area contributed by atoms with Crippen molar-refractivity contribution < 1.29 is 0 Å². The smallest absolute Gasteiger partial charge is 0.177 e. The average Bonchev–Trinajstić information content (AvgIpc) is 3.06. The molecule has 3 N–H and O–H groups in total. The zero-order chi connectivity index (χ0) is 17.4. The Hall–Kier alpha value is -2.25. The fourth-order valence-electron chi connectivity index (χ4n) is 3.15. The predicted octanol–water partition coefficient (Wildman–Crippen LogP) is 2.63. The molecule has 0 aromatic carbocycles. The summed E-state index contributed by atoms with van der Waals surface area (Å²) in [4.78, 5) is 15.8. The number of H-pyrrole nitrogens is 1. The molecule has 130 valence electrons. The van der Waals surface area contributed by atoms with E-state index in [9.17, 15) is 0 Å². The molecule has 3 aromatic rings. The Labute approximate surface area is 150 Å². The molecule has 25 heavy (non-hydrogen) atoms. The summed E-state index contributed by atoms with van der Waals surface area (Å²) in [5, 5.41) is 7.81. The molecule has 7 nitrogen and oxygen atoms in total. The van der Waals surface area contributed by atoms with Crippen molar-refractivity contribution in [2.75, 3.05) is 24.5 Å². The van der Waals surface area contributed by atoms with Crippen LogP contribution in [0.15, 0.2) is 24.5 Å². The summed E-state index contributed by atoms with van der Waals surface area (Å²) in [7, 11) is 0. The number of fused-ring (bicyclic) bond motifs is 1. The van der Waals surface area contributed by atoms with Gasteiger partial charge in [0.25, 0.3) is 0 Å². The van der Waals surface area contributed by atoms with Gasteiger partial charge in [-0.15, -0.1) is 0 Å². The summed E-state index contributed by atoms with van der Waals surface area (Å²) < 4.78 is 0. The second-order valence-corrected chi connectivity index (χ2v) is 7.24. The Morgan fingerprint density at radius 2 is 2.08 bits per heavy atom. The minimum atomic E-state index is 0.227. The van der Waals surface area contributed by atoms with Crippen LogP contribution in [0.25, 0.3) is 22.6 Å². The molecular formula is C17H20ClN7. The van der Waals surface area contributed by atoms with Gasteiger partial charge in [-0.2, -0.15) is 5.10 Å². The lowest BCUT2D eigenvalue weighted by atomic mass is 9.80. The first-order valence-electron chi connectivity index (χ1n) is 8.37. The minimum Gasteiger partial charge on any atom is -0.355 e. The van der Waals surface area contributed by atoms with Crippen molar-refractivity contribution in [3.63, 3.8) is 0 Å². The number of hydrogen-bond donors (Lipinski definition) is 2. The maximum atomic E-state index is 6.23. The van der Waals surface area contributed by atoms with E-state index in [1.807, 2.05) is 0 Å². The lowest BCUT2D eigenvalue weighted by Crippen LogP contribution is -2.42. The molecule has 0 amide bonds. The third kappa shape index (κ3) is 2.94. The van der Waals surface area contributed by atoms with Crippen molar-refractivity contribution in [3.05, 3.63) is 29.5 Å². The first-order valence-corrected chi connectivity index (χ1v) is 8.74. The van der Waals surface area contributed by atoms with Crippen LogP contribution in [0.1, 0.15) is 19.8 Å². The number of nitrogens with two attached hydrogens (primary N) is 1. The zero-order valence-corrected chi connectivity index (χ0v) is 14.8. The Bertz CT molecular complexity index is 899. The second kappa shape index (κ2) is 6.24. The molecule has 1 aliphatic heterocycles. The summed E-state index contributed by atoms with van der Waals surface area (Å²) in [5.41, 5.74) is 8.66. The van der Waals surface area contributed by atoms with Gasteiger partial charge in [0.05, 0.1) is 11.2 Å². The molecule has 0 bridgehead atoms. The lowest BCUT2D eigenvalue weighted by molar-refractivity contribution is 0.258. The van der Waals surface area contributed by atoms with Crippen molar-refractivity contribution in [1.82, 2.24) is 25.1 Å². The molecule has 4 rings (SSSR count). The van der Waals surface area contributed by atoms with Gasteiger partial charge in [-0.3, -0.25) is 10.1 Å². The van der Waals surface area contributed by atoms with E-state index in [-0.39, 0.29) is 5.41 Å². The normalized spacial score (nSPS) is 17.2. The summed E-state index contributed by atoms with van der Waals surface area (Å²) in [6, 6.07) is 3.57. The number of anilines is 1. The Kier molecular flexibility index (Phi) is 4.05. The first-order chi connectivity index (χ1) is 12.1. The zero-order valence-electron chi connectivity index (χ0n) is 14.0. The van der Waals surface area contributed by atoms with Crippen molar-refractivity contribution in [2.45, 2.75) is 19.8 Å². The number of pyridine rings is 1. The van der Waals surface area contributed by atoms with Gasteiger partial charge in [0.1, 0.15) is 22.7 Å². The van der Waals surface area contributed by atoms with E-state index < -0.39 is 0 Å². The molecule has 0 radical (unpaired) electrons. The molecule has 0 atom stereocenters. The van der Waals surface area contributed by atoms with Gasteiger partial charge in [-0.05, 0) is 36.9 Å². The van der Waals surface area contributed by atoms with Gasteiger partial charge in [0.2, 0.25) is 0 Å². The number of aromatic nitrogens is 5. The van der Waals surface area contributed by atoms with Gasteiger partial charge >= 0.3 is 0 Å². The van der Waals surface area contributed by atoms with Crippen molar-refractivity contribution >= 4 is 28.6 Å². The fraction of sp³-hybridized carbons (Fsp3) is 0.412. The van der Waals surface area contributed by atoms with Crippen LogP contribution in [0.2, 0.25) is 5.02 Å². The number of nitrogens with one attached hydrogen (secondary N) is 1. The standard InChI is InChI=1S/C17H20ClN7/c1-17(10-19)4-7-25(8-5-17)12-9-21-15-14(23-24-16(15)22-12)13-11(18)3-2-6-20-13/h2-3,6,9H,4-5,7-8,10,19H2,1H3,(H,22,23,24). The predicted molar refractivity (Wildman–Crippen MR) is 98.5 cm³/mol. The quantitative estimate of drug-likeness (QED) is 0.748. The SMILES string of the molecule is CC1(CN)CCN(c2cnc3c(-c4ncccc4Cl)n[nH]c3n2)CC1. The molecule has 0 aliphatic carbocycles. The third-order valence-electron chi connectivity index (χ3n) is 5.03. The van der Waals surface area contributed by atoms with Crippen molar-refractivity contribution in [2.24, 2.45) is 11.1 Å². The molecule has 1 saturated heterocycles. The van der Waals surface area contributed by atoms with E-state index in [2.05, 4.69) is 32.0 Å². The molecule has 0 saturated carbocycles. The number of aromatic amines is 1. The highest BCUT2D eigenvalue weighted by Gasteiger charge is 2.29. The second-order valence-electron chi connectivity index (χ2n) is 6.83. The largest absolute Gasteiger partial charge is 0.355 e. The van der Waals surface area contributed by atoms with Gasteiger partial charge in [0.15, 0.2) is 5.65 Å². The number of rotatable bonds is 3. The van der Waals surface area contributed by atoms with Crippen LogP contribution >= 0.6 is 11.6 Å². The molecule has 1 aliphatic rings. The van der Waals surface area contributed by atoms with E-state index in [4.69, 9.17) is 22.3 Å². The van der Waals surface area contributed by atoms with Crippen LogP contribution in [-0.4, -0.2) is 44.8 Å². The van der Waals surface area contributed by atoms with Crippen molar-refractivity contribution in [1.29, 1.82) is 0 Å². The van der Waals surface area contributed by atoms with Gasteiger partial charge in [0, 0.05) is 19.3 Å². The molecule has 1 fully saturated rings. The molecule has 8 heteroatoms. The van der Waals surface area contributed by atoms with E-state index in [1.54, 1.807) is 24.5 Å². The highest BCUT2D eigenvalue weighted by Crippen LogP contribution is 2.32. The van der Waals surface area contributed by atoms with Crippen LogP contribution in [0.3, 0.4) is 0 Å². The Morgan fingerprint density at radius 3 is 2.80 bits per heavy atom. The summed E-state index contributed by atoms with van der Waals surface area (Å²) in [6.45, 7) is 4.83. The monoisotopic (exact) mass is 357 g/mol. The number of hydrogen-bond acceptors (Lipinski definition) is 6. The van der Waals surface area contributed by atoms with Crippen LogP contribution in [0, 0.1) is 5.41 Å². The van der Waals surface area contributed by atoms with Crippen LogP contribution in [0.4, 0.5) is 5.82 Å². The maximum Gasteiger partial charge on any atom is 0.177 e. The van der Waals surface area contributed by atoms with Gasteiger partial charge in [-0.1, -0.05) is 18.5 Å². The van der Waals surface area contributed by atoms with E-state index in [0.29, 0.717) is 27.6 Å².